The van der Waals surface area contributed by atoms with Gasteiger partial charge in [-0.05, 0) is 67.3 Å². The van der Waals surface area contributed by atoms with Crippen LogP contribution in [0, 0.1) is 6.92 Å². The van der Waals surface area contributed by atoms with Crippen molar-refractivity contribution >= 4 is 28.8 Å². The fourth-order valence-electron chi connectivity index (χ4n) is 3.92. The lowest BCUT2D eigenvalue weighted by atomic mass is 9.91. The van der Waals surface area contributed by atoms with Crippen LogP contribution in [-0.2, 0) is 4.74 Å². The summed E-state index contributed by atoms with van der Waals surface area (Å²) in [5, 5.41) is 0.827. The van der Waals surface area contributed by atoms with Gasteiger partial charge in [-0.25, -0.2) is 0 Å². The Balaban J connectivity index is 1.58. The molecule has 2 aliphatic rings. The minimum Gasteiger partial charge on any atom is -0.381 e. The van der Waals surface area contributed by atoms with Crippen molar-refractivity contribution in [2.24, 2.45) is 0 Å². The maximum atomic E-state index is 12.7. The number of halogens is 1. The molecule has 1 aromatic carbocycles. The lowest BCUT2D eigenvalue weighted by Gasteiger charge is -2.23. The second kappa shape index (κ2) is 7.71. The fourth-order valence-corrected chi connectivity index (χ4v) is 5.39. The molecule has 3 nitrogen and oxygen atoms in total. The van der Waals surface area contributed by atoms with Crippen molar-refractivity contribution < 1.29 is 9.53 Å². The van der Waals surface area contributed by atoms with E-state index < -0.39 is 0 Å². The molecule has 138 valence electrons. The monoisotopic (exact) mass is 389 g/mol. The van der Waals surface area contributed by atoms with Crippen molar-refractivity contribution in [2.45, 2.75) is 38.5 Å². The summed E-state index contributed by atoms with van der Waals surface area (Å²) >= 11 is 8.20. The molecule has 0 N–H and O–H groups in total. The largest absolute Gasteiger partial charge is 0.381 e. The van der Waals surface area contributed by atoms with Crippen LogP contribution in [0.4, 0.5) is 0 Å². The SMILES string of the molecule is Cc1cc(-c2ccc(C3CCOCC3)c(Cl)c2)sc1C(=O)N1CCCC1. The zero-order valence-corrected chi connectivity index (χ0v) is 16.7. The Hall–Kier alpha value is -1.36. The third-order valence-electron chi connectivity index (χ3n) is 5.45. The highest BCUT2D eigenvalue weighted by Gasteiger charge is 2.24. The number of aryl methyl sites for hydroxylation is 1. The highest BCUT2D eigenvalue weighted by Crippen LogP contribution is 2.38. The molecule has 3 heterocycles. The average Bonchev–Trinajstić information content (AvgIpc) is 3.32. The molecule has 5 heteroatoms. The Kier molecular flexibility index (Phi) is 5.35. The first-order valence-corrected chi connectivity index (χ1v) is 10.6. The van der Waals surface area contributed by atoms with Gasteiger partial charge in [0.1, 0.15) is 0 Å². The fraction of sp³-hybridized carbons (Fsp3) is 0.476. The number of thiophene rings is 1. The molecule has 0 atom stereocenters. The minimum absolute atomic E-state index is 0.182. The Morgan fingerprint density at radius 2 is 1.92 bits per heavy atom. The van der Waals surface area contributed by atoms with Crippen molar-refractivity contribution in [3.63, 3.8) is 0 Å². The van der Waals surface area contributed by atoms with Crippen molar-refractivity contribution in [1.82, 2.24) is 4.90 Å². The van der Waals surface area contributed by atoms with Crippen LogP contribution in [0.1, 0.15) is 52.4 Å². The van der Waals surface area contributed by atoms with E-state index in [9.17, 15) is 4.79 Å². The number of amides is 1. The zero-order valence-electron chi connectivity index (χ0n) is 15.1. The van der Waals surface area contributed by atoms with Crippen LogP contribution in [0.3, 0.4) is 0 Å². The van der Waals surface area contributed by atoms with Crippen LogP contribution in [-0.4, -0.2) is 37.1 Å². The van der Waals surface area contributed by atoms with E-state index in [1.165, 1.54) is 5.56 Å². The predicted molar refractivity (Wildman–Crippen MR) is 107 cm³/mol. The van der Waals surface area contributed by atoms with Crippen LogP contribution >= 0.6 is 22.9 Å². The Morgan fingerprint density at radius 1 is 1.19 bits per heavy atom. The maximum Gasteiger partial charge on any atom is 0.264 e. The van der Waals surface area contributed by atoms with Gasteiger partial charge in [-0.15, -0.1) is 11.3 Å². The van der Waals surface area contributed by atoms with E-state index in [2.05, 4.69) is 24.3 Å². The first-order chi connectivity index (χ1) is 12.6. The summed E-state index contributed by atoms with van der Waals surface area (Å²) < 4.78 is 5.46. The van der Waals surface area contributed by atoms with Gasteiger partial charge in [0.15, 0.2) is 0 Å². The van der Waals surface area contributed by atoms with Crippen molar-refractivity contribution in [3.8, 4) is 10.4 Å². The number of nitrogens with zero attached hydrogens (tertiary/aromatic N) is 1. The van der Waals surface area contributed by atoms with E-state index in [4.69, 9.17) is 16.3 Å². The zero-order chi connectivity index (χ0) is 18.1. The van der Waals surface area contributed by atoms with E-state index in [1.807, 2.05) is 11.8 Å². The van der Waals surface area contributed by atoms with E-state index in [0.29, 0.717) is 5.92 Å². The van der Waals surface area contributed by atoms with Gasteiger partial charge < -0.3 is 9.64 Å². The predicted octanol–water partition coefficient (Wildman–Crippen LogP) is 5.51. The molecule has 1 amide bonds. The molecular formula is C21H24ClNO2S. The van der Waals surface area contributed by atoms with Gasteiger partial charge in [0.2, 0.25) is 0 Å². The van der Waals surface area contributed by atoms with Crippen LogP contribution in [0.2, 0.25) is 5.02 Å². The van der Waals surface area contributed by atoms with Gasteiger partial charge in [0, 0.05) is 36.2 Å². The van der Waals surface area contributed by atoms with Crippen molar-refractivity contribution in [3.05, 3.63) is 45.3 Å². The third kappa shape index (κ3) is 3.55. The van der Waals surface area contributed by atoms with E-state index in [-0.39, 0.29) is 5.91 Å². The second-order valence-corrected chi connectivity index (χ2v) is 8.70. The number of hydrogen-bond donors (Lipinski definition) is 0. The highest BCUT2D eigenvalue weighted by atomic mass is 35.5. The first-order valence-electron chi connectivity index (χ1n) is 9.41. The van der Waals surface area contributed by atoms with Gasteiger partial charge in [-0.3, -0.25) is 4.79 Å². The molecule has 0 spiro atoms. The van der Waals surface area contributed by atoms with Crippen molar-refractivity contribution in [2.75, 3.05) is 26.3 Å². The summed E-state index contributed by atoms with van der Waals surface area (Å²) in [4.78, 5) is 16.7. The molecule has 1 aromatic heterocycles. The Labute approximate surface area is 163 Å². The molecule has 0 unspecified atom stereocenters. The van der Waals surface area contributed by atoms with Gasteiger partial charge in [-0.1, -0.05) is 23.7 Å². The van der Waals surface area contributed by atoms with E-state index >= 15 is 0 Å². The van der Waals surface area contributed by atoms with Crippen LogP contribution in [0.25, 0.3) is 10.4 Å². The smallest absolute Gasteiger partial charge is 0.264 e. The summed E-state index contributed by atoms with van der Waals surface area (Å²) in [5.41, 5.74) is 3.38. The molecule has 0 aliphatic carbocycles. The molecule has 2 aromatic rings. The van der Waals surface area contributed by atoms with E-state index in [1.54, 1.807) is 11.3 Å². The molecule has 0 saturated carbocycles. The molecule has 0 radical (unpaired) electrons. The lowest BCUT2D eigenvalue weighted by Crippen LogP contribution is -2.27. The molecule has 26 heavy (non-hydrogen) atoms. The molecule has 2 aliphatic heterocycles. The summed E-state index contributed by atoms with van der Waals surface area (Å²) in [7, 11) is 0. The third-order valence-corrected chi connectivity index (χ3v) is 7.05. The molecule has 2 fully saturated rings. The summed E-state index contributed by atoms with van der Waals surface area (Å²) in [6.07, 6.45) is 4.30. The van der Waals surface area contributed by atoms with Gasteiger partial charge >= 0.3 is 0 Å². The maximum absolute atomic E-state index is 12.7. The number of rotatable bonds is 3. The number of carbonyl (C=O) groups is 1. The quantitative estimate of drug-likeness (QED) is 0.692. The summed E-state index contributed by atoms with van der Waals surface area (Å²) in [6, 6.07) is 8.48. The number of likely N-dealkylation sites (tertiary alicyclic amines) is 1. The molecule has 4 rings (SSSR count). The number of carbonyl (C=O) groups excluding carboxylic acids is 1. The number of ether oxygens (including phenoxy) is 1. The highest BCUT2D eigenvalue weighted by molar-refractivity contribution is 7.17. The summed E-state index contributed by atoms with van der Waals surface area (Å²) in [6.45, 7) is 5.43. The van der Waals surface area contributed by atoms with Gasteiger partial charge in [0.25, 0.3) is 5.91 Å². The number of benzene rings is 1. The van der Waals surface area contributed by atoms with E-state index in [0.717, 1.165) is 77.9 Å². The van der Waals surface area contributed by atoms with Gasteiger partial charge in [0.05, 0.1) is 4.88 Å². The molecule has 0 bridgehead atoms. The van der Waals surface area contributed by atoms with Crippen LogP contribution < -0.4 is 0 Å². The van der Waals surface area contributed by atoms with Crippen molar-refractivity contribution in [1.29, 1.82) is 0 Å². The first kappa shape index (κ1) is 18.0. The lowest BCUT2D eigenvalue weighted by molar-refractivity contribution is 0.0797. The minimum atomic E-state index is 0.182. The standard InChI is InChI=1S/C21H24ClNO2S/c1-14-12-19(26-20(14)21(24)23-8-2-3-9-23)16-4-5-17(18(22)13-16)15-6-10-25-11-7-15/h4-5,12-13,15H,2-3,6-11H2,1H3. The van der Waals surface area contributed by atoms with Crippen LogP contribution in [0.15, 0.2) is 24.3 Å². The second-order valence-electron chi connectivity index (χ2n) is 7.25. The van der Waals surface area contributed by atoms with Gasteiger partial charge in [-0.2, -0.15) is 0 Å². The molecule has 2 saturated heterocycles. The Morgan fingerprint density at radius 3 is 2.62 bits per heavy atom. The van der Waals surface area contributed by atoms with Crippen LogP contribution in [0.5, 0.6) is 0 Å². The summed E-state index contributed by atoms with van der Waals surface area (Å²) in [5.74, 6) is 0.670. The Bertz CT molecular complexity index is 804. The molecular weight excluding hydrogens is 366 g/mol. The average molecular weight is 390 g/mol. The topological polar surface area (TPSA) is 29.5 Å². The number of hydrogen-bond acceptors (Lipinski definition) is 3. The normalized spacial score (nSPS) is 18.5.